The SMILES string of the molecule is COc1ccccc1NCC(=O)Nc1cc(C)nn1C. The number of rotatable bonds is 5. The lowest BCUT2D eigenvalue weighted by molar-refractivity contribution is -0.114. The van der Waals surface area contributed by atoms with Crippen LogP contribution in [0, 0.1) is 6.92 Å². The average molecular weight is 274 g/mol. The summed E-state index contributed by atoms with van der Waals surface area (Å²) in [6.07, 6.45) is 0. The van der Waals surface area contributed by atoms with E-state index in [1.165, 1.54) is 0 Å². The number of hydrogen-bond donors (Lipinski definition) is 2. The van der Waals surface area contributed by atoms with Crippen molar-refractivity contribution < 1.29 is 9.53 Å². The summed E-state index contributed by atoms with van der Waals surface area (Å²) in [5.74, 6) is 1.24. The van der Waals surface area contributed by atoms with Crippen molar-refractivity contribution in [1.29, 1.82) is 0 Å². The molecule has 2 rings (SSSR count). The highest BCUT2D eigenvalue weighted by atomic mass is 16.5. The normalized spacial score (nSPS) is 10.2. The van der Waals surface area contributed by atoms with Crippen molar-refractivity contribution in [2.45, 2.75) is 6.92 Å². The molecule has 2 aromatic rings. The molecule has 1 aromatic carbocycles. The van der Waals surface area contributed by atoms with Gasteiger partial charge in [0.05, 0.1) is 25.0 Å². The van der Waals surface area contributed by atoms with Gasteiger partial charge in [0, 0.05) is 13.1 Å². The van der Waals surface area contributed by atoms with Crippen LogP contribution in [0.5, 0.6) is 5.75 Å². The Morgan fingerprint density at radius 1 is 1.40 bits per heavy atom. The Bertz CT molecular complexity index is 607. The molecule has 0 saturated heterocycles. The summed E-state index contributed by atoms with van der Waals surface area (Å²) in [5.41, 5.74) is 1.65. The summed E-state index contributed by atoms with van der Waals surface area (Å²) in [5, 5.41) is 10.0. The number of aromatic nitrogens is 2. The number of nitrogens with zero attached hydrogens (tertiary/aromatic N) is 2. The molecule has 0 unspecified atom stereocenters. The molecule has 0 bridgehead atoms. The molecule has 1 amide bonds. The first-order valence-corrected chi connectivity index (χ1v) is 6.27. The number of para-hydroxylation sites is 2. The number of ether oxygens (including phenoxy) is 1. The monoisotopic (exact) mass is 274 g/mol. The second-order valence-corrected chi connectivity index (χ2v) is 4.40. The maximum absolute atomic E-state index is 11.9. The summed E-state index contributed by atoms with van der Waals surface area (Å²) >= 11 is 0. The zero-order valence-corrected chi connectivity index (χ0v) is 11.8. The molecule has 0 saturated carbocycles. The van der Waals surface area contributed by atoms with E-state index in [1.54, 1.807) is 18.8 Å². The molecule has 0 fully saturated rings. The van der Waals surface area contributed by atoms with E-state index in [9.17, 15) is 4.79 Å². The van der Waals surface area contributed by atoms with Crippen LogP contribution in [0.15, 0.2) is 30.3 Å². The predicted octanol–water partition coefficient (Wildman–Crippen LogP) is 1.79. The molecule has 0 aliphatic carbocycles. The maximum Gasteiger partial charge on any atom is 0.244 e. The minimum Gasteiger partial charge on any atom is -0.495 e. The minimum absolute atomic E-state index is 0.140. The van der Waals surface area contributed by atoms with Crippen molar-refractivity contribution in [3.8, 4) is 5.75 Å². The molecule has 0 spiro atoms. The van der Waals surface area contributed by atoms with Crippen molar-refractivity contribution in [2.24, 2.45) is 7.05 Å². The van der Waals surface area contributed by atoms with Gasteiger partial charge >= 0.3 is 0 Å². The third-order valence-corrected chi connectivity index (χ3v) is 2.82. The zero-order valence-electron chi connectivity index (χ0n) is 11.8. The van der Waals surface area contributed by atoms with Crippen LogP contribution in [0.2, 0.25) is 0 Å². The molecule has 0 atom stereocenters. The van der Waals surface area contributed by atoms with Crippen LogP contribution in [-0.4, -0.2) is 29.3 Å². The van der Waals surface area contributed by atoms with Crippen molar-refractivity contribution >= 4 is 17.4 Å². The molecule has 106 valence electrons. The Labute approximate surface area is 117 Å². The van der Waals surface area contributed by atoms with Gasteiger partial charge in [-0.2, -0.15) is 5.10 Å². The summed E-state index contributed by atoms with van der Waals surface area (Å²) in [4.78, 5) is 11.9. The van der Waals surface area contributed by atoms with Gasteiger partial charge in [-0.1, -0.05) is 12.1 Å². The Kier molecular flexibility index (Phi) is 4.24. The van der Waals surface area contributed by atoms with Crippen molar-refractivity contribution in [3.05, 3.63) is 36.0 Å². The second-order valence-electron chi connectivity index (χ2n) is 4.40. The van der Waals surface area contributed by atoms with E-state index in [0.717, 1.165) is 11.4 Å². The van der Waals surface area contributed by atoms with Crippen molar-refractivity contribution in [3.63, 3.8) is 0 Å². The highest BCUT2D eigenvalue weighted by Crippen LogP contribution is 2.22. The Morgan fingerprint density at radius 3 is 2.80 bits per heavy atom. The van der Waals surface area contributed by atoms with Crippen LogP contribution in [0.3, 0.4) is 0 Å². The second kappa shape index (κ2) is 6.10. The fourth-order valence-corrected chi connectivity index (χ4v) is 1.88. The van der Waals surface area contributed by atoms with Gasteiger partial charge in [-0.25, -0.2) is 0 Å². The molecule has 20 heavy (non-hydrogen) atoms. The van der Waals surface area contributed by atoms with Gasteiger partial charge in [0.25, 0.3) is 0 Å². The lowest BCUT2D eigenvalue weighted by Crippen LogP contribution is -2.23. The Morgan fingerprint density at radius 2 is 2.15 bits per heavy atom. The first-order chi connectivity index (χ1) is 9.60. The first kappa shape index (κ1) is 13.9. The first-order valence-electron chi connectivity index (χ1n) is 6.27. The maximum atomic E-state index is 11.9. The number of carbonyl (C=O) groups is 1. The van der Waals surface area contributed by atoms with Crippen molar-refractivity contribution in [1.82, 2.24) is 9.78 Å². The molecule has 1 heterocycles. The number of anilines is 2. The highest BCUT2D eigenvalue weighted by Gasteiger charge is 2.08. The summed E-state index contributed by atoms with van der Waals surface area (Å²) in [6.45, 7) is 2.04. The van der Waals surface area contributed by atoms with Gasteiger partial charge in [-0.3, -0.25) is 9.48 Å². The fourth-order valence-electron chi connectivity index (χ4n) is 1.88. The number of amides is 1. The van der Waals surface area contributed by atoms with E-state index >= 15 is 0 Å². The molecule has 6 heteroatoms. The Balaban J connectivity index is 1.94. The summed E-state index contributed by atoms with van der Waals surface area (Å²) in [7, 11) is 3.38. The third kappa shape index (κ3) is 3.28. The van der Waals surface area contributed by atoms with Gasteiger partial charge in [-0.05, 0) is 19.1 Å². The quantitative estimate of drug-likeness (QED) is 0.872. The topological polar surface area (TPSA) is 68.2 Å². The van der Waals surface area contributed by atoms with Gasteiger partial charge in [0.2, 0.25) is 5.91 Å². The minimum atomic E-state index is -0.140. The van der Waals surface area contributed by atoms with E-state index < -0.39 is 0 Å². The third-order valence-electron chi connectivity index (χ3n) is 2.82. The lowest BCUT2D eigenvalue weighted by Gasteiger charge is -2.11. The molecule has 1 aromatic heterocycles. The molecular weight excluding hydrogens is 256 g/mol. The van der Waals surface area contributed by atoms with E-state index in [-0.39, 0.29) is 12.5 Å². The van der Waals surface area contributed by atoms with E-state index in [4.69, 9.17) is 4.74 Å². The van der Waals surface area contributed by atoms with Crippen LogP contribution in [-0.2, 0) is 11.8 Å². The largest absolute Gasteiger partial charge is 0.495 e. The highest BCUT2D eigenvalue weighted by molar-refractivity contribution is 5.93. The van der Waals surface area contributed by atoms with E-state index in [2.05, 4.69) is 15.7 Å². The molecule has 0 aliphatic heterocycles. The molecule has 0 radical (unpaired) electrons. The number of nitrogens with one attached hydrogen (secondary N) is 2. The van der Waals surface area contributed by atoms with Crippen LogP contribution in [0.1, 0.15) is 5.69 Å². The number of methoxy groups -OCH3 is 1. The van der Waals surface area contributed by atoms with Crippen LogP contribution in [0.25, 0.3) is 0 Å². The summed E-state index contributed by atoms with van der Waals surface area (Å²) < 4.78 is 6.85. The van der Waals surface area contributed by atoms with Crippen molar-refractivity contribution in [2.75, 3.05) is 24.3 Å². The van der Waals surface area contributed by atoms with Crippen LogP contribution < -0.4 is 15.4 Å². The van der Waals surface area contributed by atoms with Crippen LogP contribution >= 0.6 is 0 Å². The van der Waals surface area contributed by atoms with Gasteiger partial charge in [0.15, 0.2) is 0 Å². The molecule has 0 aliphatic rings. The molecule has 2 N–H and O–H groups in total. The summed E-state index contributed by atoms with van der Waals surface area (Å²) in [6, 6.07) is 9.28. The number of benzene rings is 1. The van der Waals surface area contributed by atoms with Crippen LogP contribution in [0.4, 0.5) is 11.5 Å². The predicted molar refractivity (Wildman–Crippen MR) is 78.1 cm³/mol. The molecular formula is C14H18N4O2. The van der Waals surface area contributed by atoms with Gasteiger partial charge in [0.1, 0.15) is 11.6 Å². The Hall–Kier alpha value is -2.50. The number of aryl methyl sites for hydroxylation is 2. The number of carbonyl (C=O) groups excluding carboxylic acids is 1. The standard InChI is InChI=1S/C14H18N4O2/c1-10-8-13(18(2)17-10)16-14(19)9-15-11-6-4-5-7-12(11)20-3/h4-8,15H,9H2,1-3H3,(H,16,19). The zero-order chi connectivity index (χ0) is 14.5. The van der Waals surface area contributed by atoms with E-state index in [0.29, 0.717) is 11.6 Å². The lowest BCUT2D eigenvalue weighted by atomic mass is 10.3. The van der Waals surface area contributed by atoms with Gasteiger partial charge in [-0.15, -0.1) is 0 Å². The smallest absolute Gasteiger partial charge is 0.244 e. The fraction of sp³-hybridized carbons (Fsp3) is 0.286. The van der Waals surface area contributed by atoms with E-state index in [1.807, 2.05) is 37.3 Å². The van der Waals surface area contributed by atoms with Gasteiger partial charge < -0.3 is 15.4 Å². The molecule has 6 nitrogen and oxygen atoms in total. The number of hydrogen-bond acceptors (Lipinski definition) is 4. The average Bonchev–Trinajstić information content (AvgIpc) is 2.75.